The Kier molecular flexibility index (Phi) is 5.20. The number of furan rings is 1. The van der Waals surface area contributed by atoms with Crippen molar-refractivity contribution in [1.29, 1.82) is 0 Å². The number of sulfonamides is 1. The van der Waals surface area contributed by atoms with Crippen molar-refractivity contribution in [2.75, 3.05) is 31.2 Å². The van der Waals surface area contributed by atoms with Crippen molar-refractivity contribution in [3.63, 3.8) is 0 Å². The Morgan fingerprint density at radius 1 is 1.22 bits per heavy atom. The second-order valence-corrected chi connectivity index (χ2v) is 9.66. The summed E-state index contributed by atoms with van der Waals surface area (Å²) in [4.78, 5) is 26.8. The molecule has 0 bridgehead atoms. The number of nitrogens with zero attached hydrogens (tertiary/aromatic N) is 2. The van der Waals surface area contributed by atoms with Crippen molar-refractivity contribution in [2.24, 2.45) is 0 Å². The number of halogens is 1. The predicted octanol–water partition coefficient (Wildman–Crippen LogP) is 2.90. The van der Waals surface area contributed by atoms with Gasteiger partial charge in [-0.05, 0) is 42.8 Å². The van der Waals surface area contributed by atoms with Gasteiger partial charge in [-0.2, -0.15) is 0 Å². The molecule has 3 aromatic rings. The lowest BCUT2D eigenvalue weighted by atomic mass is 9.99. The Balaban J connectivity index is 2.06. The van der Waals surface area contributed by atoms with Crippen molar-refractivity contribution >= 4 is 38.5 Å². The van der Waals surface area contributed by atoms with E-state index in [1.165, 1.54) is 42.3 Å². The van der Waals surface area contributed by atoms with Gasteiger partial charge in [0.2, 0.25) is 15.9 Å². The minimum atomic E-state index is -3.77. The highest BCUT2D eigenvalue weighted by Gasteiger charge is 2.34. The number of carbonyl (C=O) groups is 2. The van der Waals surface area contributed by atoms with E-state index in [9.17, 15) is 22.4 Å². The van der Waals surface area contributed by atoms with Crippen molar-refractivity contribution in [3.05, 3.63) is 53.3 Å². The van der Waals surface area contributed by atoms with Gasteiger partial charge >= 0.3 is 0 Å². The van der Waals surface area contributed by atoms with Gasteiger partial charge < -0.3 is 14.6 Å². The molecule has 8 nitrogen and oxygen atoms in total. The average Bonchev–Trinajstić information content (AvgIpc) is 3.08. The van der Waals surface area contributed by atoms with Crippen LogP contribution in [0.4, 0.5) is 10.1 Å². The smallest absolute Gasteiger partial charge is 0.255 e. The first-order valence-electron chi connectivity index (χ1n) is 9.84. The number of likely N-dealkylation sites (N-methyl/N-ethyl adjacent to an activating group) is 1. The van der Waals surface area contributed by atoms with E-state index in [1.807, 2.05) is 0 Å². The molecule has 0 aliphatic carbocycles. The molecule has 0 unspecified atom stereocenters. The van der Waals surface area contributed by atoms with Gasteiger partial charge in [-0.3, -0.25) is 13.9 Å². The second-order valence-electron chi connectivity index (χ2n) is 7.75. The molecule has 4 rings (SSSR count). The molecule has 2 heterocycles. The molecular formula is C22H22FN3O5S. The fourth-order valence-electron chi connectivity index (χ4n) is 3.89. The lowest BCUT2D eigenvalue weighted by Crippen LogP contribution is -2.38. The van der Waals surface area contributed by atoms with Gasteiger partial charge in [0.15, 0.2) is 0 Å². The van der Waals surface area contributed by atoms with E-state index in [1.54, 1.807) is 20.0 Å². The fraction of sp³-hybridized carbons (Fsp3) is 0.273. The minimum Gasteiger partial charge on any atom is -0.455 e. The molecular weight excluding hydrogens is 437 g/mol. The van der Waals surface area contributed by atoms with Crippen molar-refractivity contribution < 1.29 is 26.8 Å². The monoisotopic (exact) mass is 459 g/mol. The number of nitrogens with one attached hydrogen (secondary N) is 1. The quantitative estimate of drug-likeness (QED) is 0.649. The van der Waals surface area contributed by atoms with Crippen LogP contribution in [0.3, 0.4) is 0 Å². The molecule has 2 amide bonds. The Hall–Kier alpha value is -3.40. The molecule has 1 aliphatic rings. The average molecular weight is 459 g/mol. The Morgan fingerprint density at radius 3 is 2.47 bits per heavy atom. The van der Waals surface area contributed by atoms with E-state index in [0.29, 0.717) is 22.2 Å². The summed E-state index contributed by atoms with van der Waals surface area (Å²) >= 11 is 0. The molecule has 168 valence electrons. The predicted molar refractivity (Wildman–Crippen MR) is 118 cm³/mol. The van der Waals surface area contributed by atoms with E-state index in [-0.39, 0.29) is 29.4 Å². The SMILES string of the molecule is CNC(=O)c1c(-c2ccc(F)cc2)oc2cc3c(cc12)[C@H](C)N(C)C(=O)CN3S(C)(=O)=O. The number of fused-ring (bicyclic) bond motifs is 2. The van der Waals surface area contributed by atoms with Crippen LogP contribution in [-0.2, 0) is 14.8 Å². The van der Waals surface area contributed by atoms with Crippen molar-refractivity contribution in [3.8, 4) is 11.3 Å². The number of amides is 2. The van der Waals surface area contributed by atoms with E-state index >= 15 is 0 Å². The molecule has 1 aromatic heterocycles. The summed E-state index contributed by atoms with van der Waals surface area (Å²) in [5.74, 6) is -0.950. The van der Waals surface area contributed by atoms with Crippen LogP contribution < -0.4 is 9.62 Å². The summed E-state index contributed by atoms with van der Waals surface area (Å²) in [6, 6.07) is 8.30. The van der Waals surface area contributed by atoms with E-state index in [4.69, 9.17) is 4.42 Å². The molecule has 0 radical (unpaired) electrons. The van der Waals surface area contributed by atoms with Crippen LogP contribution in [0.2, 0.25) is 0 Å². The molecule has 1 aliphatic heterocycles. The highest BCUT2D eigenvalue weighted by molar-refractivity contribution is 7.92. The maximum Gasteiger partial charge on any atom is 0.255 e. The van der Waals surface area contributed by atoms with E-state index in [2.05, 4.69) is 5.32 Å². The lowest BCUT2D eigenvalue weighted by Gasteiger charge is -2.23. The van der Waals surface area contributed by atoms with Crippen LogP contribution >= 0.6 is 0 Å². The Labute approximate surface area is 184 Å². The third-order valence-corrected chi connectivity index (χ3v) is 6.90. The normalized spacial score (nSPS) is 16.8. The third kappa shape index (κ3) is 3.50. The highest BCUT2D eigenvalue weighted by Crippen LogP contribution is 2.41. The zero-order valence-corrected chi connectivity index (χ0v) is 18.8. The van der Waals surface area contributed by atoms with Gasteiger partial charge in [0.25, 0.3) is 5.91 Å². The minimum absolute atomic E-state index is 0.238. The summed E-state index contributed by atoms with van der Waals surface area (Å²) in [5, 5.41) is 3.05. The first-order chi connectivity index (χ1) is 15.0. The maximum absolute atomic E-state index is 13.4. The second kappa shape index (κ2) is 7.63. The standard InChI is InChI=1S/C22H22FN3O5S/c1-12-15-9-16-18(10-17(15)26(32(4,29)30)11-19(27)25(12)3)31-21(20(16)22(28)24-2)13-5-7-14(23)8-6-13/h5-10,12H,11H2,1-4H3,(H,24,28)/t12-/m0/s1. The van der Waals surface area contributed by atoms with Gasteiger partial charge in [-0.1, -0.05) is 0 Å². The molecule has 2 aromatic carbocycles. The molecule has 10 heteroatoms. The Morgan fingerprint density at radius 2 is 1.88 bits per heavy atom. The lowest BCUT2D eigenvalue weighted by molar-refractivity contribution is -0.129. The molecule has 0 saturated carbocycles. The molecule has 1 N–H and O–H groups in total. The topological polar surface area (TPSA) is 99.9 Å². The summed E-state index contributed by atoms with van der Waals surface area (Å²) in [7, 11) is -0.681. The van der Waals surface area contributed by atoms with Gasteiger partial charge in [0.05, 0.1) is 23.5 Å². The largest absolute Gasteiger partial charge is 0.455 e. The molecule has 0 saturated heterocycles. The summed E-state index contributed by atoms with van der Waals surface area (Å²) in [5.41, 5.74) is 1.89. The van der Waals surface area contributed by atoms with E-state index in [0.717, 1.165) is 10.6 Å². The van der Waals surface area contributed by atoms with Crippen LogP contribution in [-0.4, -0.2) is 52.0 Å². The highest BCUT2D eigenvalue weighted by atomic mass is 32.2. The van der Waals surface area contributed by atoms with Crippen LogP contribution in [0.15, 0.2) is 40.8 Å². The van der Waals surface area contributed by atoms with Crippen molar-refractivity contribution in [2.45, 2.75) is 13.0 Å². The third-order valence-electron chi connectivity index (χ3n) is 5.77. The molecule has 1 atom stereocenters. The van der Waals surface area contributed by atoms with Gasteiger partial charge in [0.1, 0.15) is 23.7 Å². The summed E-state index contributed by atoms with van der Waals surface area (Å²) < 4.78 is 45.5. The Bertz CT molecular complexity index is 1350. The summed E-state index contributed by atoms with van der Waals surface area (Å²) in [6.45, 7) is 1.45. The van der Waals surface area contributed by atoms with Crippen LogP contribution in [0.25, 0.3) is 22.3 Å². The van der Waals surface area contributed by atoms with Crippen LogP contribution in [0, 0.1) is 5.82 Å². The van der Waals surface area contributed by atoms with Crippen LogP contribution in [0.1, 0.15) is 28.9 Å². The van der Waals surface area contributed by atoms with Gasteiger partial charge in [-0.15, -0.1) is 0 Å². The zero-order chi connectivity index (χ0) is 23.4. The zero-order valence-electron chi connectivity index (χ0n) is 18.0. The number of anilines is 1. The first kappa shape index (κ1) is 21.8. The van der Waals surface area contributed by atoms with E-state index < -0.39 is 27.8 Å². The van der Waals surface area contributed by atoms with Gasteiger partial charge in [0, 0.05) is 31.1 Å². The molecule has 0 spiro atoms. The summed E-state index contributed by atoms with van der Waals surface area (Å²) in [6.07, 6.45) is 1.03. The number of hydrogen-bond acceptors (Lipinski definition) is 5. The molecule has 32 heavy (non-hydrogen) atoms. The maximum atomic E-state index is 13.4. The molecule has 0 fully saturated rings. The fourth-order valence-corrected chi connectivity index (χ4v) is 4.75. The number of benzene rings is 2. The number of carbonyl (C=O) groups excluding carboxylic acids is 2. The first-order valence-corrected chi connectivity index (χ1v) is 11.7. The van der Waals surface area contributed by atoms with Crippen molar-refractivity contribution in [1.82, 2.24) is 10.2 Å². The number of hydrogen-bond donors (Lipinski definition) is 1. The van der Waals surface area contributed by atoms with Gasteiger partial charge in [-0.25, -0.2) is 12.8 Å². The van der Waals surface area contributed by atoms with Crippen LogP contribution in [0.5, 0.6) is 0 Å². The number of rotatable bonds is 3.